The van der Waals surface area contributed by atoms with E-state index in [1.807, 2.05) is 6.07 Å². The minimum atomic E-state index is -0.259. The molecule has 1 aromatic carbocycles. The number of benzene rings is 1. The van der Waals surface area contributed by atoms with Crippen molar-refractivity contribution in [1.82, 2.24) is 20.4 Å². The number of aromatic amines is 1. The number of H-pyrrole nitrogens is 1. The van der Waals surface area contributed by atoms with Crippen LogP contribution in [0.5, 0.6) is 0 Å². The number of carbonyl (C=O) groups is 1. The fourth-order valence-electron chi connectivity index (χ4n) is 2.02. The van der Waals surface area contributed by atoms with Crippen LogP contribution in [0, 0.1) is 0 Å². The SMILES string of the molecule is COCc1nc(CNC(=O)c2cc3cc(Cl)ccc3[nH]2)no1. The summed E-state index contributed by atoms with van der Waals surface area (Å²) in [5.74, 6) is 0.497. The molecule has 0 radical (unpaired) electrons. The molecule has 2 heterocycles. The van der Waals surface area contributed by atoms with Crippen molar-refractivity contribution >= 4 is 28.4 Å². The Hall–Kier alpha value is -2.38. The normalized spacial score (nSPS) is 11.0. The second kappa shape index (κ2) is 6.17. The van der Waals surface area contributed by atoms with Gasteiger partial charge in [-0.2, -0.15) is 4.98 Å². The molecular weight excluding hydrogens is 308 g/mol. The number of hydrogen-bond acceptors (Lipinski definition) is 5. The third-order valence-corrected chi connectivity index (χ3v) is 3.25. The highest BCUT2D eigenvalue weighted by Crippen LogP contribution is 2.20. The third-order valence-electron chi connectivity index (χ3n) is 3.01. The summed E-state index contributed by atoms with van der Waals surface area (Å²) in [4.78, 5) is 19.2. The topological polar surface area (TPSA) is 93.0 Å². The van der Waals surface area contributed by atoms with Gasteiger partial charge in [0.05, 0.1) is 6.54 Å². The Morgan fingerprint density at radius 1 is 1.45 bits per heavy atom. The van der Waals surface area contributed by atoms with Gasteiger partial charge in [-0.25, -0.2) is 0 Å². The van der Waals surface area contributed by atoms with Crippen LogP contribution in [0.4, 0.5) is 0 Å². The van der Waals surface area contributed by atoms with Crippen molar-refractivity contribution in [3.05, 3.63) is 46.7 Å². The minimum absolute atomic E-state index is 0.169. The molecule has 7 nitrogen and oxygen atoms in total. The highest BCUT2D eigenvalue weighted by Gasteiger charge is 2.12. The van der Waals surface area contributed by atoms with Gasteiger partial charge in [0.2, 0.25) is 0 Å². The Morgan fingerprint density at radius 3 is 3.14 bits per heavy atom. The van der Waals surface area contributed by atoms with E-state index in [0.717, 1.165) is 10.9 Å². The molecule has 0 saturated heterocycles. The molecule has 22 heavy (non-hydrogen) atoms. The number of methoxy groups -OCH3 is 1. The zero-order valence-corrected chi connectivity index (χ0v) is 12.5. The molecule has 0 aliphatic rings. The van der Waals surface area contributed by atoms with Crippen molar-refractivity contribution < 1.29 is 14.1 Å². The lowest BCUT2D eigenvalue weighted by Crippen LogP contribution is -2.23. The summed E-state index contributed by atoms with van der Waals surface area (Å²) in [6.45, 7) is 0.409. The first-order chi connectivity index (χ1) is 10.7. The van der Waals surface area contributed by atoms with E-state index in [-0.39, 0.29) is 19.1 Å². The van der Waals surface area contributed by atoms with Gasteiger partial charge in [0.15, 0.2) is 5.82 Å². The maximum absolute atomic E-state index is 12.1. The van der Waals surface area contributed by atoms with Gasteiger partial charge in [-0.05, 0) is 24.3 Å². The summed E-state index contributed by atoms with van der Waals surface area (Å²) in [6.07, 6.45) is 0. The average molecular weight is 321 g/mol. The number of nitrogens with zero attached hydrogens (tertiary/aromatic N) is 2. The Morgan fingerprint density at radius 2 is 2.32 bits per heavy atom. The zero-order valence-electron chi connectivity index (χ0n) is 11.7. The number of hydrogen-bond donors (Lipinski definition) is 2. The van der Waals surface area contributed by atoms with Crippen LogP contribution in [-0.2, 0) is 17.9 Å². The summed E-state index contributed by atoms with van der Waals surface area (Å²) in [5.41, 5.74) is 1.29. The molecule has 0 atom stereocenters. The predicted octanol–water partition coefficient (Wildman–Crippen LogP) is 2.28. The molecule has 0 bridgehead atoms. The van der Waals surface area contributed by atoms with Crippen LogP contribution in [0.25, 0.3) is 10.9 Å². The first-order valence-corrected chi connectivity index (χ1v) is 6.90. The Labute approximate surface area is 130 Å². The molecule has 114 valence electrons. The predicted molar refractivity (Wildman–Crippen MR) is 79.5 cm³/mol. The molecule has 0 saturated carbocycles. The molecule has 2 N–H and O–H groups in total. The van der Waals surface area contributed by atoms with Gasteiger partial charge in [0.1, 0.15) is 12.3 Å². The van der Waals surface area contributed by atoms with Gasteiger partial charge in [-0.15, -0.1) is 0 Å². The summed E-state index contributed by atoms with van der Waals surface area (Å²) < 4.78 is 9.82. The quantitative estimate of drug-likeness (QED) is 0.752. The first-order valence-electron chi connectivity index (χ1n) is 6.52. The van der Waals surface area contributed by atoms with E-state index in [9.17, 15) is 4.79 Å². The number of nitrogens with one attached hydrogen (secondary N) is 2. The van der Waals surface area contributed by atoms with E-state index in [1.165, 1.54) is 7.11 Å². The van der Waals surface area contributed by atoms with Crippen molar-refractivity contribution in [3.63, 3.8) is 0 Å². The lowest BCUT2D eigenvalue weighted by molar-refractivity contribution is 0.0945. The van der Waals surface area contributed by atoms with Gasteiger partial charge < -0.3 is 19.6 Å². The molecule has 3 rings (SSSR count). The maximum Gasteiger partial charge on any atom is 0.268 e. The van der Waals surface area contributed by atoms with Crippen molar-refractivity contribution in [2.24, 2.45) is 0 Å². The van der Waals surface area contributed by atoms with Crippen LogP contribution in [-0.4, -0.2) is 28.1 Å². The van der Waals surface area contributed by atoms with Crippen molar-refractivity contribution in [1.29, 1.82) is 0 Å². The minimum Gasteiger partial charge on any atom is -0.375 e. The van der Waals surface area contributed by atoms with Crippen LogP contribution in [0.2, 0.25) is 5.02 Å². The summed E-state index contributed by atoms with van der Waals surface area (Å²) in [6, 6.07) is 7.12. The van der Waals surface area contributed by atoms with E-state index in [1.54, 1.807) is 18.2 Å². The number of ether oxygens (including phenoxy) is 1. The van der Waals surface area contributed by atoms with Crippen LogP contribution in [0.3, 0.4) is 0 Å². The first kappa shape index (κ1) is 14.6. The number of rotatable bonds is 5. The molecule has 0 aliphatic heterocycles. The van der Waals surface area contributed by atoms with E-state index in [2.05, 4.69) is 20.4 Å². The average Bonchev–Trinajstić information content (AvgIpc) is 3.11. The molecule has 0 aliphatic carbocycles. The maximum atomic E-state index is 12.1. The van der Waals surface area contributed by atoms with E-state index >= 15 is 0 Å². The Balaban J connectivity index is 1.67. The molecule has 3 aromatic rings. The number of fused-ring (bicyclic) bond motifs is 1. The number of amides is 1. The third kappa shape index (κ3) is 3.10. The molecule has 1 amide bonds. The van der Waals surface area contributed by atoms with Crippen LogP contribution in [0.15, 0.2) is 28.8 Å². The van der Waals surface area contributed by atoms with E-state index < -0.39 is 0 Å². The highest BCUT2D eigenvalue weighted by molar-refractivity contribution is 6.31. The lowest BCUT2D eigenvalue weighted by Gasteiger charge is -1.99. The number of aromatic nitrogens is 3. The molecule has 2 aromatic heterocycles. The van der Waals surface area contributed by atoms with Crippen molar-refractivity contribution in [2.45, 2.75) is 13.2 Å². The van der Waals surface area contributed by atoms with Gasteiger partial charge in [0, 0.05) is 23.0 Å². The molecular formula is C14H13ClN4O3. The summed E-state index contributed by atoms with van der Waals surface area (Å²) >= 11 is 5.93. The van der Waals surface area contributed by atoms with Crippen molar-refractivity contribution in [2.75, 3.05) is 7.11 Å². The van der Waals surface area contributed by atoms with Crippen molar-refractivity contribution in [3.8, 4) is 0 Å². The van der Waals surface area contributed by atoms with Gasteiger partial charge in [-0.3, -0.25) is 4.79 Å². The lowest BCUT2D eigenvalue weighted by atomic mass is 10.2. The van der Waals surface area contributed by atoms with Crippen LogP contribution >= 0.6 is 11.6 Å². The highest BCUT2D eigenvalue weighted by atomic mass is 35.5. The Bertz CT molecular complexity index is 811. The van der Waals surface area contributed by atoms with Gasteiger partial charge in [-0.1, -0.05) is 16.8 Å². The second-order valence-electron chi connectivity index (χ2n) is 4.63. The second-order valence-corrected chi connectivity index (χ2v) is 5.07. The smallest absolute Gasteiger partial charge is 0.268 e. The Kier molecular flexibility index (Phi) is 4.08. The number of carbonyl (C=O) groups excluding carboxylic acids is 1. The van der Waals surface area contributed by atoms with E-state index in [4.69, 9.17) is 20.9 Å². The van der Waals surface area contributed by atoms with Gasteiger partial charge in [0.25, 0.3) is 11.8 Å². The fraction of sp³-hybridized carbons (Fsp3) is 0.214. The standard InChI is InChI=1S/C14H13ClN4O3/c1-21-7-13-18-12(19-22-13)6-16-14(20)11-5-8-4-9(15)2-3-10(8)17-11/h2-5,17H,6-7H2,1H3,(H,16,20). The van der Waals surface area contributed by atoms with Gasteiger partial charge >= 0.3 is 0 Å². The zero-order chi connectivity index (χ0) is 15.5. The monoisotopic (exact) mass is 320 g/mol. The largest absolute Gasteiger partial charge is 0.375 e. The summed E-state index contributed by atoms with van der Waals surface area (Å²) in [7, 11) is 1.54. The molecule has 8 heteroatoms. The fourth-order valence-corrected chi connectivity index (χ4v) is 2.20. The number of halogens is 1. The van der Waals surface area contributed by atoms with E-state index in [0.29, 0.717) is 22.4 Å². The molecule has 0 spiro atoms. The van der Waals surface area contributed by atoms with Crippen LogP contribution in [0.1, 0.15) is 22.2 Å². The van der Waals surface area contributed by atoms with Crippen LogP contribution < -0.4 is 5.32 Å². The molecule has 0 unspecified atom stereocenters. The summed E-state index contributed by atoms with van der Waals surface area (Å²) in [5, 5.41) is 7.96. The molecule has 0 fully saturated rings.